The lowest BCUT2D eigenvalue weighted by molar-refractivity contribution is 0.0894. The van der Waals surface area contributed by atoms with Crippen molar-refractivity contribution < 1.29 is 9.53 Å². The predicted molar refractivity (Wildman–Crippen MR) is 62.9 cm³/mol. The number of ether oxygens (including phenoxy) is 1. The van der Waals surface area contributed by atoms with Crippen molar-refractivity contribution in [3.63, 3.8) is 0 Å². The summed E-state index contributed by atoms with van der Waals surface area (Å²) in [4.78, 5) is 12.3. The highest BCUT2D eigenvalue weighted by molar-refractivity contribution is 6.05. The number of fused-ring (bicyclic) bond motifs is 1. The summed E-state index contributed by atoms with van der Waals surface area (Å²) in [6.07, 6.45) is 1.50. The molecule has 1 aliphatic rings. The molecule has 0 saturated heterocycles. The SMILES string of the molecule is CCC(C)(N)C(=O)c1cccc2c1OCC2. The van der Waals surface area contributed by atoms with Gasteiger partial charge in [-0.05, 0) is 25.0 Å². The van der Waals surface area contributed by atoms with Crippen LogP contribution in [-0.4, -0.2) is 17.9 Å². The van der Waals surface area contributed by atoms with Gasteiger partial charge in [0.25, 0.3) is 0 Å². The lowest BCUT2D eigenvalue weighted by Gasteiger charge is -2.21. The third-order valence-electron chi connectivity index (χ3n) is 3.21. The molecule has 16 heavy (non-hydrogen) atoms. The minimum Gasteiger partial charge on any atom is -0.492 e. The Labute approximate surface area is 95.6 Å². The molecule has 0 amide bonds. The molecule has 1 heterocycles. The van der Waals surface area contributed by atoms with Crippen molar-refractivity contribution in [1.82, 2.24) is 0 Å². The van der Waals surface area contributed by atoms with E-state index in [4.69, 9.17) is 10.5 Å². The number of hydrogen-bond acceptors (Lipinski definition) is 3. The van der Waals surface area contributed by atoms with Crippen LogP contribution in [0.5, 0.6) is 5.75 Å². The second kappa shape index (κ2) is 3.91. The van der Waals surface area contributed by atoms with E-state index in [-0.39, 0.29) is 5.78 Å². The zero-order chi connectivity index (χ0) is 11.8. The van der Waals surface area contributed by atoms with Gasteiger partial charge in [0.05, 0.1) is 17.7 Å². The maximum Gasteiger partial charge on any atom is 0.186 e. The number of carbonyl (C=O) groups excluding carboxylic acids is 1. The monoisotopic (exact) mass is 219 g/mol. The lowest BCUT2D eigenvalue weighted by atomic mass is 9.88. The van der Waals surface area contributed by atoms with Gasteiger partial charge in [0, 0.05) is 6.42 Å². The maximum absolute atomic E-state index is 12.3. The van der Waals surface area contributed by atoms with Gasteiger partial charge in [-0.25, -0.2) is 0 Å². The number of rotatable bonds is 3. The van der Waals surface area contributed by atoms with Crippen molar-refractivity contribution in [2.24, 2.45) is 5.73 Å². The summed E-state index contributed by atoms with van der Waals surface area (Å²) in [5, 5.41) is 0. The van der Waals surface area contributed by atoms with Crippen LogP contribution < -0.4 is 10.5 Å². The van der Waals surface area contributed by atoms with Crippen LogP contribution in [0.25, 0.3) is 0 Å². The Balaban J connectivity index is 2.42. The van der Waals surface area contributed by atoms with E-state index in [1.165, 1.54) is 0 Å². The largest absolute Gasteiger partial charge is 0.492 e. The molecule has 1 unspecified atom stereocenters. The van der Waals surface area contributed by atoms with E-state index in [1.807, 2.05) is 19.1 Å². The molecule has 0 fully saturated rings. The van der Waals surface area contributed by atoms with Crippen LogP contribution >= 0.6 is 0 Å². The van der Waals surface area contributed by atoms with Gasteiger partial charge in [-0.15, -0.1) is 0 Å². The van der Waals surface area contributed by atoms with Gasteiger partial charge in [0.2, 0.25) is 0 Å². The third kappa shape index (κ3) is 1.71. The fourth-order valence-electron chi connectivity index (χ4n) is 1.86. The molecule has 2 rings (SSSR count). The van der Waals surface area contributed by atoms with Crippen molar-refractivity contribution in [3.05, 3.63) is 29.3 Å². The Bertz CT molecular complexity index is 424. The molecular weight excluding hydrogens is 202 g/mol. The van der Waals surface area contributed by atoms with Crippen molar-refractivity contribution >= 4 is 5.78 Å². The number of carbonyl (C=O) groups is 1. The summed E-state index contributed by atoms with van der Waals surface area (Å²) in [6, 6.07) is 5.69. The van der Waals surface area contributed by atoms with Gasteiger partial charge in [-0.2, -0.15) is 0 Å². The zero-order valence-corrected chi connectivity index (χ0v) is 9.75. The molecular formula is C13H17NO2. The molecule has 1 aromatic carbocycles. The Hall–Kier alpha value is -1.35. The first-order valence-corrected chi connectivity index (χ1v) is 5.64. The summed E-state index contributed by atoms with van der Waals surface area (Å²) in [5.74, 6) is 0.700. The molecule has 0 saturated carbocycles. The van der Waals surface area contributed by atoms with Gasteiger partial charge < -0.3 is 10.5 Å². The Morgan fingerprint density at radius 2 is 2.31 bits per heavy atom. The van der Waals surface area contributed by atoms with Crippen LogP contribution in [-0.2, 0) is 6.42 Å². The number of para-hydroxylation sites is 1. The van der Waals surface area contributed by atoms with E-state index in [9.17, 15) is 4.79 Å². The van der Waals surface area contributed by atoms with Crippen molar-refractivity contribution in [3.8, 4) is 5.75 Å². The lowest BCUT2D eigenvalue weighted by Crippen LogP contribution is -2.44. The highest BCUT2D eigenvalue weighted by Gasteiger charge is 2.31. The van der Waals surface area contributed by atoms with Gasteiger partial charge in [-0.1, -0.05) is 19.1 Å². The summed E-state index contributed by atoms with van der Waals surface area (Å²) in [7, 11) is 0. The molecule has 86 valence electrons. The molecule has 1 atom stereocenters. The molecule has 3 nitrogen and oxygen atoms in total. The fourth-order valence-corrected chi connectivity index (χ4v) is 1.86. The summed E-state index contributed by atoms with van der Waals surface area (Å²) < 4.78 is 5.51. The molecule has 1 aromatic rings. The Kier molecular flexibility index (Phi) is 2.72. The third-order valence-corrected chi connectivity index (χ3v) is 3.21. The second-order valence-electron chi connectivity index (χ2n) is 4.49. The topological polar surface area (TPSA) is 52.3 Å². The van der Waals surface area contributed by atoms with Crippen LogP contribution in [0.2, 0.25) is 0 Å². The average Bonchev–Trinajstić information content (AvgIpc) is 2.75. The molecule has 0 spiro atoms. The van der Waals surface area contributed by atoms with E-state index < -0.39 is 5.54 Å². The first-order chi connectivity index (χ1) is 7.56. The molecule has 1 aliphatic heterocycles. The number of Topliss-reactive ketones (excluding diaryl/α,β-unsaturated/α-hetero) is 1. The van der Waals surface area contributed by atoms with Crippen molar-refractivity contribution in [2.75, 3.05) is 6.61 Å². The highest BCUT2D eigenvalue weighted by atomic mass is 16.5. The summed E-state index contributed by atoms with van der Waals surface area (Å²) in [6.45, 7) is 4.35. The van der Waals surface area contributed by atoms with Crippen LogP contribution in [0.15, 0.2) is 18.2 Å². The number of ketones is 1. The van der Waals surface area contributed by atoms with Gasteiger partial charge in [0.15, 0.2) is 5.78 Å². The van der Waals surface area contributed by atoms with Crippen LogP contribution in [0.4, 0.5) is 0 Å². The number of benzene rings is 1. The fraction of sp³-hybridized carbons (Fsp3) is 0.462. The average molecular weight is 219 g/mol. The van der Waals surface area contributed by atoms with Gasteiger partial charge >= 0.3 is 0 Å². The van der Waals surface area contributed by atoms with E-state index in [1.54, 1.807) is 13.0 Å². The molecule has 0 aromatic heterocycles. The van der Waals surface area contributed by atoms with Gasteiger partial charge in [-0.3, -0.25) is 4.79 Å². The van der Waals surface area contributed by atoms with E-state index in [0.29, 0.717) is 18.6 Å². The highest BCUT2D eigenvalue weighted by Crippen LogP contribution is 2.31. The first kappa shape index (κ1) is 11.1. The maximum atomic E-state index is 12.3. The number of nitrogens with two attached hydrogens (primary N) is 1. The second-order valence-corrected chi connectivity index (χ2v) is 4.49. The summed E-state index contributed by atoms with van der Waals surface area (Å²) >= 11 is 0. The van der Waals surface area contributed by atoms with E-state index in [0.717, 1.165) is 17.7 Å². The van der Waals surface area contributed by atoms with Crippen LogP contribution in [0, 0.1) is 0 Å². The van der Waals surface area contributed by atoms with E-state index in [2.05, 4.69) is 0 Å². The normalized spacial score (nSPS) is 17.4. The quantitative estimate of drug-likeness (QED) is 0.790. The Morgan fingerprint density at radius 3 is 3.00 bits per heavy atom. The predicted octanol–water partition coefficient (Wildman–Crippen LogP) is 1.93. The zero-order valence-electron chi connectivity index (χ0n) is 9.75. The summed E-state index contributed by atoms with van der Waals surface area (Å²) in [5.41, 5.74) is 6.91. The molecule has 0 aliphatic carbocycles. The van der Waals surface area contributed by atoms with Crippen LogP contribution in [0.3, 0.4) is 0 Å². The smallest absolute Gasteiger partial charge is 0.186 e. The van der Waals surface area contributed by atoms with Crippen molar-refractivity contribution in [2.45, 2.75) is 32.2 Å². The molecule has 0 bridgehead atoms. The minimum absolute atomic E-state index is 0.0336. The molecule has 2 N–H and O–H groups in total. The minimum atomic E-state index is -0.804. The standard InChI is InChI=1S/C13H17NO2/c1-3-13(2,14)12(15)10-6-4-5-9-7-8-16-11(9)10/h4-6H,3,7-8,14H2,1-2H3. The molecule has 0 radical (unpaired) electrons. The number of hydrogen-bond donors (Lipinski definition) is 1. The molecule has 3 heteroatoms. The first-order valence-electron chi connectivity index (χ1n) is 5.64. The van der Waals surface area contributed by atoms with Crippen LogP contribution in [0.1, 0.15) is 36.2 Å². The van der Waals surface area contributed by atoms with E-state index >= 15 is 0 Å². The van der Waals surface area contributed by atoms with Gasteiger partial charge in [0.1, 0.15) is 5.75 Å². The Morgan fingerprint density at radius 1 is 1.56 bits per heavy atom. The van der Waals surface area contributed by atoms with Crippen molar-refractivity contribution in [1.29, 1.82) is 0 Å².